The van der Waals surface area contributed by atoms with Crippen molar-refractivity contribution in [2.24, 2.45) is 11.8 Å². The lowest BCUT2D eigenvalue weighted by Crippen LogP contribution is -2.51. The highest BCUT2D eigenvalue weighted by molar-refractivity contribution is 5.80. The number of ether oxygens (including phenoxy) is 1. The fourth-order valence-corrected chi connectivity index (χ4v) is 5.13. The van der Waals surface area contributed by atoms with Crippen LogP contribution in [0.1, 0.15) is 70.3 Å². The number of hydrogen-bond donors (Lipinski definition) is 1. The molecule has 28 heavy (non-hydrogen) atoms. The molecule has 4 nitrogen and oxygen atoms in total. The van der Waals surface area contributed by atoms with E-state index >= 15 is 0 Å². The van der Waals surface area contributed by atoms with Crippen molar-refractivity contribution in [3.63, 3.8) is 0 Å². The highest BCUT2D eigenvalue weighted by Crippen LogP contribution is 2.36. The molecule has 1 aromatic carbocycles. The van der Waals surface area contributed by atoms with Gasteiger partial charge in [0.15, 0.2) is 0 Å². The number of piperidine rings is 1. The molecule has 1 saturated heterocycles. The maximum atomic E-state index is 12.5. The van der Waals surface area contributed by atoms with E-state index in [1.807, 2.05) is 31.2 Å². The Morgan fingerprint density at radius 3 is 2.64 bits per heavy atom. The molecule has 4 unspecified atom stereocenters. The summed E-state index contributed by atoms with van der Waals surface area (Å²) in [7, 11) is 1.66. The van der Waals surface area contributed by atoms with Crippen LogP contribution >= 0.6 is 0 Å². The Balaban J connectivity index is 1.41. The average molecular weight is 388 g/mol. The zero-order valence-electron chi connectivity index (χ0n) is 17.6. The van der Waals surface area contributed by atoms with Crippen molar-refractivity contribution in [3.05, 3.63) is 29.8 Å². The van der Waals surface area contributed by atoms with Gasteiger partial charge in [-0.2, -0.15) is 0 Å². The number of nitrogens with zero attached hydrogens (tertiary/aromatic N) is 1. The molecule has 1 saturated carbocycles. The van der Waals surface area contributed by atoms with E-state index in [1.165, 1.54) is 44.1 Å². The Labute approximate surface area is 170 Å². The van der Waals surface area contributed by atoms with Crippen molar-refractivity contribution in [3.8, 4) is 5.75 Å². The Bertz CT molecular complexity index is 613. The molecule has 2 aliphatic rings. The third-order valence-electron chi connectivity index (χ3n) is 6.81. The summed E-state index contributed by atoms with van der Waals surface area (Å²) < 4.78 is 5.19. The van der Waals surface area contributed by atoms with Crippen molar-refractivity contribution in [2.75, 3.05) is 13.7 Å². The SMILES string of the molecule is COc1ccc(CC(C)C(=O)CCCC(O)N2CCCC3CCCCC32)cc1. The van der Waals surface area contributed by atoms with E-state index in [-0.39, 0.29) is 12.1 Å². The minimum atomic E-state index is -0.379. The number of hydrogen-bond acceptors (Lipinski definition) is 4. The van der Waals surface area contributed by atoms with E-state index in [4.69, 9.17) is 4.74 Å². The van der Waals surface area contributed by atoms with E-state index in [0.717, 1.165) is 31.1 Å². The van der Waals surface area contributed by atoms with Crippen molar-refractivity contribution in [2.45, 2.75) is 83.4 Å². The number of aliphatic hydroxyl groups excluding tert-OH is 1. The van der Waals surface area contributed by atoms with Crippen LogP contribution in [0.3, 0.4) is 0 Å². The standard InChI is InChI=1S/C24H37NO3/c1-18(17-19-12-14-21(28-2)15-13-19)23(26)10-5-11-24(27)25-16-6-8-20-7-3-4-9-22(20)25/h12-15,18,20,22,24,27H,3-11,16-17H2,1-2H3. The Morgan fingerprint density at radius 2 is 1.89 bits per heavy atom. The van der Waals surface area contributed by atoms with Crippen molar-refractivity contribution < 1.29 is 14.6 Å². The fraction of sp³-hybridized carbons (Fsp3) is 0.708. The number of fused-ring (bicyclic) bond motifs is 1. The number of benzene rings is 1. The molecular weight excluding hydrogens is 350 g/mol. The van der Waals surface area contributed by atoms with Gasteiger partial charge in [0.05, 0.1) is 7.11 Å². The molecule has 0 bridgehead atoms. The predicted octanol–water partition coefficient (Wildman–Crippen LogP) is 4.59. The normalized spacial score (nSPS) is 25.0. The van der Waals surface area contributed by atoms with Gasteiger partial charge in [-0.15, -0.1) is 0 Å². The smallest absolute Gasteiger partial charge is 0.136 e. The first-order valence-corrected chi connectivity index (χ1v) is 11.2. The number of ketones is 1. The second-order valence-corrected chi connectivity index (χ2v) is 8.78. The molecule has 1 aliphatic heterocycles. The minimum absolute atomic E-state index is 0.0169. The molecule has 2 fully saturated rings. The van der Waals surface area contributed by atoms with Crippen LogP contribution in [-0.4, -0.2) is 41.7 Å². The lowest BCUT2D eigenvalue weighted by molar-refractivity contribution is -0.122. The number of likely N-dealkylation sites (tertiary alicyclic amines) is 1. The second-order valence-electron chi connectivity index (χ2n) is 8.78. The largest absolute Gasteiger partial charge is 0.497 e. The van der Waals surface area contributed by atoms with Gasteiger partial charge in [0, 0.05) is 24.9 Å². The lowest BCUT2D eigenvalue weighted by atomic mass is 9.78. The van der Waals surface area contributed by atoms with Crippen LogP contribution in [-0.2, 0) is 11.2 Å². The number of rotatable bonds is 9. The predicted molar refractivity (Wildman–Crippen MR) is 112 cm³/mol. The zero-order chi connectivity index (χ0) is 19.9. The third kappa shape index (κ3) is 5.57. The van der Waals surface area contributed by atoms with Gasteiger partial charge in [-0.1, -0.05) is 31.9 Å². The zero-order valence-corrected chi connectivity index (χ0v) is 17.6. The topological polar surface area (TPSA) is 49.8 Å². The van der Waals surface area contributed by atoms with Crippen LogP contribution < -0.4 is 4.74 Å². The number of aliphatic hydroxyl groups is 1. The monoisotopic (exact) mass is 387 g/mol. The highest BCUT2D eigenvalue weighted by Gasteiger charge is 2.35. The van der Waals surface area contributed by atoms with Gasteiger partial charge in [-0.05, 0) is 68.6 Å². The summed E-state index contributed by atoms with van der Waals surface area (Å²) in [6, 6.07) is 8.52. The third-order valence-corrected chi connectivity index (χ3v) is 6.81. The first-order chi connectivity index (χ1) is 13.6. The first-order valence-electron chi connectivity index (χ1n) is 11.2. The molecule has 4 atom stereocenters. The van der Waals surface area contributed by atoms with Crippen molar-refractivity contribution in [1.82, 2.24) is 4.90 Å². The van der Waals surface area contributed by atoms with Crippen LogP contribution in [0.2, 0.25) is 0 Å². The van der Waals surface area contributed by atoms with Crippen LogP contribution in [0, 0.1) is 11.8 Å². The fourth-order valence-electron chi connectivity index (χ4n) is 5.13. The van der Waals surface area contributed by atoms with Crippen LogP contribution in [0.4, 0.5) is 0 Å². The molecule has 1 N–H and O–H groups in total. The molecule has 1 aliphatic carbocycles. The van der Waals surface area contributed by atoms with E-state index in [0.29, 0.717) is 24.7 Å². The highest BCUT2D eigenvalue weighted by atomic mass is 16.5. The molecule has 1 aromatic rings. The maximum Gasteiger partial charge on any atom is 0.136 e. The van der Waals surface area contributed by atoms with Gasteiger partial charge in [0.1, 0.15) is 17.8 Å². The van der Waals surface area contributed by atoms with Gasteiger partial charge < -0.3 is 9.84 Å². The summed E-state index contributed by atoms with van der Waals surface area (Å²) >= 11 is 0. The number of methoxy groups -OCH3 is 1. The summed E-state index contributed by atoms with van der Waals surface area (Å²) in [6.45, 7) is 3.03. The summed E-state index contributed by atoms with van der Waals surface area (Å²) in [4.78, 5) is 14.9. The molecular formula is C24H37NO3. The molecule has 4 heteroatoms. The molecule has 3 rings (SSSR count). The Hall–Kier alpha value is -1.39. The molecule has 0 aromatic heterocycles. The van der Waals surface area contributed by atoms with Crippen LogP contribution in [0.5, 0.6) is 5.75 Å². The minimum Gasteiger partial charge on any atom is -0.497 e. The maximum absolute atomic E-state index is 12.5. The Kier molecular flexibility index (Phi) is 7.92. The van der Waals surface area contributed by atoms with Gasteiger partial charge in [0.2, 0.25) is 0 Å². The van der Waals surface area contributed by atoms with Crippen molar-refractivity contribution in [1.29, 1.82) is 0 Å². The lowest BCUT2D eigenvalue weighted by Gasteiger charge is -2.46. The summed E-state index contributed by atoms with van der Waals surface area (Å²) in [5, 5.41) is 10.8. The second kappa shape index (κ2) is 10.4. The van der Waals surface area contributed by atoms with Crippen LogP contribution in [0.15, 0.2) is 24.3 Å². The van der Waals surface area contributed by atoms with Crippen molar-refractivity contribution >= 4 is 5.78 Å². The number of carbonyl (C=O) groups excluding carboxylic acids is 1. The van der Waals surface area contributed by atoms with Gasteiger partial charge in [-0.3, -0.25) is 9.69 Å². The molecule has 156 valence electrons. The van der Waals surface area contributed by atoms with E-state index < -0.39 is 0 Å². The summed E-state index contributed by atoms with van der Waals surface area (Å²) in [5.41, 5.74) is 1.17. The van der Waals surface area contributed by atoms with Gasteiger partial charge >= 0.3 is 0 Å². The van der Waals surface area contributed by atoms with E-state index in [2.05, 4.69) is 4.90 Å². The molecule has 1 heterocycles. The average Bonchev–Trinajstić information content (AvgIpc) is 2.73. The van der Waals surface area contributed by atoms with Gasteiger partial charge in [0.25, 0.3) is 0 Å². The number of Topliss-reactive ketones (excluding diaryl/α,β-unsaturated/α-hetero) is 1. The number of carbonyl (C=O) groups is 1. The van der Waals surface area contributed by atoms with E-state index in [1.54, 1.807) is 7.11 Å². The Morgan fingerprint density at radius 1 is 1.18 bits per heavy atom. The molecule has 0 spiro atoms. The molecule has 0 amide bonds. The quantitative estimate of drug-likeness (QED) is 0.673. The van der Waals surface area contributed by atoms with E-state index in [9.17, 15) is 9.90 Å². The molecule has 0 radical (unpaired) electrons. The first kappa shape index (κ1) is 21.3. The van der Waals surface area contributed by atoms with Gasteiger partial charge in [-0.25, -0.2) is 0 Å². The van der Waals surface area contributed by atoms with Crippen LogP contribution in [0.25, 0.3) is 0 Å². The summed E-state index contributed by atoms with van der Waals surface area (Å²) in [5.74, 6) is 1.94. The summed E-state index contributed by atoms with van der Waals surface area (Å²) in [6.07, 6.45) is 10.2.